The number of aromatic nitrogens is 2. The van der Waals surface area contributed by atoms with E-state index in [-0.39, 0.29) is 5.91 Å². The number of rotatable bonds is 6. The molecule has 0 aliphatic carbocycles. The summed E-state index contributed by atoms with van der Waals surface area (Å²) in [4.78, 5) is 25.4. The summed E-state index contributed by atoms with van der Waals surface area (Å²) < 4.78 is 0. The smallest absolute Gasteiger partial charge is 0.256 e. The SMILES string of the molecule is CCCN(CCC)C(=O)c1cnc(N2CCC(C)CC2)nc1. The zero-order chi connectivity index (χ0) is 15.9. The van der Waals surface area contributed by atoms with E-state index in [1.54, 1.807) is 12.4 Å². The molecule has 22 heavy (non-hydrogen) atoms. The number of anilines is 1. The highest BCUT2D eigenvalue weighted by atomic mass is 16.2. The fourth-order valence-electron chi connectivity index (χ4n) is 2.84. The van der Waals surface area contributed by atoms with Crippen molar-refractivity contribution in [2.45, 2.75) is 46.5 Å². The molecule has 0 radical (unpaired) electrons. The number of piperidine rings is 1. The van der Waals surface area contributed by atoms with Crippen LogP contribution >= 0.6 is 0 Å². The quantitative estimate of drug-likeness (QED) is 0.810. The second-order valence-electron chi connectivity index (χ2n) is 6.23. The molecule has 5 nitrogen and oxygen atoms in total. The second kappa shape index (κ2) is 8.11. The van der Waals surface area contributed by atoms with Gasteiger partial charge in [0, 0.05) is 38.6 Å². The number of nitrogens with zero attached hydrogens (tertiary/aromatic N) is 4. The molecule has 0 aromatic carbocycles. The predicted molar refractivity (Wildman–Crippen MR) is 89.1 cm³/mol. The average Bonchev–Trinajstić information content (AvgIpc) is 2.55. The third kappa shape index (κ3) is 4.18. The van der Waals surface area contributed by atoms with Crippen molar-refractivity contribution in [1.82, 2.24) is 14.9 Å². The number of carbonyl (C=O) groups is 1. The van der Waals surface area contributed by atoms with Gasteiger partial charge in [-0.15, -0.1) is 0 Å². The van der Waals surface area contributed by atoms with E-state index >= 15 is 0 Å². The maximum absolute atomic E-state index is 12.5. The van der Waals surface area contributed by atoms with Crippen molar-refractivity contribution in [2.75, 3.05) is 31.1 Å². The highest BCUT2D eigenvalue weighted by molar-refractivity contribution is 5.93. The minimum Gasteiger partial charge on any atom is -0.341 e. The van der Waals surface area contributed by atoms with Gasteiger partial charge in [-0.3, -0.25) is 4.79 Å². The van der Waals surface area contributed by atoms with Crippen LogP contribution in [0, 0.1) is 5.92 Å². The fourth-order valence-corrected chi connectivity index (χ4v) is 2.84. The Labute approximate surface area is 133 Å². The highest BCUT2D eigenvalue weighted by Crippen LogP contribution is 2.19. The summed E-state index contributed by atoms with van der Waals surface area (Å²) in [5, 5.41) is 0. The molecule has 1 saturated heterocycles. The first kappa shape index (κ1) is 16.7. The van der Waals surface area contributed by atoms with Crippen LogP contribution in [-0.4, -0.2) is 47.0 Å². The van der Waals surface area contributed by atoms with Crippen LogP contribution in [0.5, 0.6) is 0 Å². The van der Waals surface area contributed by atoms with Crippen molar-refractivity contribution < 1.29 is 4.79 Å². The first-order valence-electron chi connectivity index (χ1n) is 8.52. The Morgan fingerprint density at radius 1 is 1.18 bits per heavy atom. The summed E-state index contributed by atoms with van der Waals surface area (Å²) in [6.07, 6.45) is 7.67. The molecule has 0 unspecified atom stereocenters. The molecule has 1 amide bonds. The summed E-state index contributed by atoms with van der Waals surface area (Å²) in [6, 6.07) is 0. The minimum absolute atomic E-state index is 0.0440. The van der Waals surface area contributed by atoms with Crippen LogP contribution in [0.15, 0.2) is 12.4 Å². The van der Waals surface area contributed by atoms with E-state index in [4.69, 9.17) is 0 Å². The van der Waals surface area contributed by atoms with Crippen molar-refractivity contribution in [1.29, 1.82) is 0 Å². The van der Waals surface area contributed by atoms with Gasteiger partial charge in [0.05, 0.1) is 5.56 Å². The van der Waals surface area contributed by atoms with Gasteiger partial charge in [0.15, 0.2) is 0 Å². The molecule has 2 heterocycles. The van der Waals surface area contributed by atoms with Gasteiger partial charge in [-0.05, 0) is 31.6 Å². The Balaban J connectivity index is 2.02. The molecule has 5 heteroatoms. The second-order valence-corrected chi connectivity index (χ2v) is 6.23. The lowest BCUT2D eigenvalue weighted by Gasteiger charge is -2.30. The Hall–Kier alpha value is -1.65. The standard InChI is InChI=1S/C17H28N4O/c1-4-8-20(9-5-2)16(22)15-12-18-17(19-13-15)21-10-6-14(3)7-11-21/h12-14H,4-11H2,1-3H3. The molecule has 122 valence electrons. The van der Waals surface area contributed by atoms with E-state index in [0.717, 1.165) is 50.9 Å². The van der Waals surface area contributed by atoms with Gasteiger partial charge in [-0.25, -0.2) is 9.97 Å². The van der Waals surface area contributed by atoms with E-state index in [1.807, 2.05) is 4.90 Å². The molecular formula is C17H28N4O. The third-order valence-electron chi connectivity index (χ3n) is 4.23. The Morgan fingerprint density at radius 3 is 2.23 bits per heavy atom. The summed E-state index contributed by atoms with van der Waals surface area (Å²) in [6.45, 7) is 10.1. The maximum Gasteiger partial charge on any atom is 0.256 e. The van der Waals surface area contributed by atoms with Crippen molar-refractivity contribution in [3.8, 4) is 0 Å². The first-order chi connectivity index (χ1) is 10.7. The van der Waals surface area contributed by atoms with E-state index < -0.39 is 0 Å². The van der Waals surface area contributed by atoms with Gasteiger partial charge >= 0.3 is 0 Å². The molecule has 0 atom stereocenters. The zero-order valence-electron chi connectivity index (χ0n) is 14.1. The van der Waals surface area contributed by atoms with Crippen LogP contribution in [0.1, 0.15) is 56.8 Å². The van der Waals surface area contributed by atoms with Gasteiger partial charge in [-0.2, -0.15) is 0 Å². The van der Waals surface area contributed by atoms with Crippen molar-refractivity contribution in [3.05, 3.63) is 18.0 Å². The molecule has 1 aliphatic heterocycles. The van der Waals surface area contributed by atoms with Crippen LogP contribution < -0.4 is 4.90 Å². The first-order valence-corrected chi connectivity index (χ1v) is 8.52. The topological polar surface area (TPSA) is 49.3 Å². The lowest BCUT2D eigenvalue weighted by Crippen LogP contribution is -2.35. The van der Waals surface area contributed by atoms with Crippen LogP contribution in [0.25, 0.3) is 0 Å². The van der Waals surface area contributed by atoms with E-state index in [2.05, 4.69) is 35.6 Å². The summed E-state index contributed by atoms with van der Waals surface area (Å²) in [5.41, 5.74) is 0.594. The highest BCUT2D eigenvalue weighted by Gasteiger charge is 2.19. The number of hydrogen-bond donors (Lipinski definition) is 0. The summed E-state index contributed by atoms with van der Waals surface area (Å²) in [5.74, 6) is 1.58. The van der Waals surface area contributed by atoms with Crippen molar-refractivity contribution in [2.24, 2.45) is 5.92 Å². The van der Waals surface area contributed by atoms with Crippen LogP contribution in [0.3, 0.4) is 0 Å². The van der Waals surface area contributed by atoms with Crippen molar-refractivity contribution >= 4 is 11.9 Å². The van der Waals surface area contributed by atoms with Crippen LogP contribution in [0.2, 0.25) is 0 Å². The Morgan fingerprint density at radius 2 is 1.73 bits per heavy atom. The lowest BCUT2D eigenvalue weighted by atomic mass is 10.00. The largest absolute Gasteiger partial charge is 0.341 e. The molecule has 1 fully saturated rings. The molecule has 0 bridgehead atoms. The molecule has 1 aliphatic rings. The Bertz CT molecular complexity index is 460. The van der Waals surface area contributed by atoms with Gasteiger partial charge in [-0.1, -0.05) is 20.8 Å². The molecule has 0 saturated carbocycles. The van der Waals surface area contributed by atoms with Gasteiger partial charge in [0.1, 0.15) is 0 Å². The normalized spacial score (nSPS) is 15.9. The predicted octanol–water partition coefficient (Wildman–Crippen LogP) is 2.98. The average molecular weight is 304 g/mol. The van der Waals surface area contributed by atoms with Crippen LogP contribution in [-0.2, 0) is 0 Å². The van der Waals surface area contributed by atoms with E-state index in [9.17, 15) is 4.79 Å². The molecular weight excluding hydrogens is 276 g/mol. The van der Waals surface area contributed by atoms with Gasteiger partial charge in [0.25, 0.3) is 5.91 Å². The molecule has 0 spiro atoms. The van der Waals surface area contributed by atoms with Crippen LogP contribution in [0.4, 0.5) is 5.95 Å². The lowest BCUT2D eigenvalue weighted by molar-refractivity contribution is 0.0754. The van der Waals surface area contributed by atoms with E-state index in [0.29, 0.717) is 5.56 Å². The Kier molecular flexibility index (Phi) is 6.16. The summed E-state index contributed by atoms with van der Waals surface area (Å²) >= 11 is 0. The number of hydrogen-bond acceptors (Lipinski definition) is 4. The maximum atomic E-state index is 12.5. The molecule has 2 rings (SSSR count). The van der Waals surface area contributed by atoms with Gasteiger partial charge < -0.3 is 9.80 Å². The van der Waals surface area contributed by atoms with E-state index in [1.165, 1.54) is 12.8 Å². The third-order valence-corrected chi connectivity index (χ3v) is 4.23. The van der Waals surface area contributed by atoms with Crippen molar-refractivity contribution in [3.63, 3.8) is 0 Å². The zero-order valence-corrected chi connectivity index (χ0v) is 14.1. The minimum atomic E-state index is 0.0440. The summed E-state index contributed by atoms with van der Waals surface area (Å²) in [7, 11) is 0. The number of carbonyl (C=O) groups excluding carboxylic acids is 1. The molecule has 1 aromatic heterocycles. The molecule has 1 aromatic rings. The van der Waals surface area contributed by atoms with Gasteiger partial charge in [0.2, 0.25) is 5.95 Å². The molecule has 0 N–H and O–H groups in total. The number of amides is 1. The monoisotopic (exact) mass is 304 g/mol. The fraction of sp³-hybridized carbons (Fsp3) is 0.706.